The number of aliphatic hydroxyl groups excluding tert-OH is 11. The summed E-state index contributed by atoms with van der Waals surface area (Å²) in [5, 5.41) is 129. The van der Waals surface area contributed by atoms with Crippen LogP contribution in [0.1, 0.15) is 27.7 Å². The van der Waals surface area contributed by atoms with Gasteiger partial charge < -0.3 is 126 Å². The van der Waals surface area contributed by atoms with Crippen LogP contribution in [-0.2, 0) is 76.4 Å². The van der Waals surface area contributed by atoms with Crippen LogP contribution in [0.5, 0.6) is 0 Å². The Labute approximate surface area is 409 Å². The number of nitrogens with one attached hydrogen (secondary N) is 4. The van der Waals surface area contributed by atoms with Crippen LogP contribution in [0.4, 0.5) is 0 Å². The van der Waals surface area contributed by atoms with E-state index in [-0.39, 0.29) is 0 Å². The topological polar surface area (TPSA) is 512 Å². The molecule has 5 saturated heterocycles. The summed E-state index contributed by atoms with van der Waals surface area (Å²) in [7, 11) is -5.17. The minimum atomic E-state index is -5.17. The zero-order valence-electron chi connectivity index (χ0n) is 38.9. The van der Waals surface area contributed by atoms with Crippen LogP contribution in [-0.4, -0.2) is 279 Å². The lowest BCUT2D eigenvalue weighted by Gasteiger charge is -2.51. The average Bonchev–Trinajstić information content (AvgIpc) is 3.30. The minimum Gasteiger partial charge on any atom is -0.394 e. The number of amides is 4. The lowest BCUT2D eigenvalue weighted by atomic mass is 9.93. The summed E-state index contributed by atoms with van der Waals surface area (Å²) < 4.78 is 89.0. The second-order valence-electron chi connectivity index (χ2n) is 17.5. The lowest BCUT2D eigenvalue weighted by molar-refractivity contribution is -0.367. The smallest absolute Gasteiger partial charge is 0.394 e. The van der Waals surface area contributed by atoms with Crippen LogP contribution in [0.25, 0.3) is 0 Å². The van der Waals surface area contributed by atoms with Crippen LogP contribution in [0, 0.1) is 0 Å². The Hall–Kier alpha value is -3.09. The molecule has 0 aromatic rings. The molecule has 4 amide bonds. The number of carbonyl (C=O) groups excluding carboxylic acids is 4. The van der Waals surface area contributed by atoms with Crippen LogP contribution in [0.3, 0.4) is 0 Å². The fourth-order valence-electron chi connectivity index (χ4n) is 8.84. The molecule has 5 rings (SSSR count). The van der Waals surface area contributed by atoms with Crippen molar-refractivity contribution in [1.82, 2.24) is 21.3 Å². The maximum absolute atomic E-state index is 12.7. The molecule has 0 aliphatic carbocycles. The van der Waals surface area contributed by atoms with E-state index in [9.17, 15) is 88.3 Å². The molecule has 34 heteroatoms. The van der Waals surface area contributed by atoms with Crippen molar-refractivity contribution in [3.05, 3.63) is 0 Å². The van der Waals surface area contributed by atoms with E-state index in [4.69, 9.17) is 48.4 Å². The molecule has 0 spiro atoms. The van der Waals surface area contributed by atoms with Gasteiger partial charge in [-0.3, -0.25) is 23.7 Å². The van der Waals surface area contributed by atoms with E-state index in [1.165, 1.54) is 0 Å². The standard InChI is InChI=1S/C38H65N5O28S/c1-10(48)40-20-26(54)33(18(63-34(20)58)9-62-72(59,60)61)71-38-23(43-13(4)51)29(57)32(17(8-47)67-38)70-37-22(42-12(3)50)28(56)31(16(7-46)66-37)69-36-21(41-11(2)49)27(55)30(15(6-45)65-36)68-35-19(39)25(53)24(52)14(5-44)64-35/h14-38,44-47,52-58H,5-9,39H2,1-4H3,(H,40,48)(H,41,49)(H,42,50)(H,43,51)(H,59,60,61)/t14-,15-,16-,17-,18-,19-,20-,21-,22-,23-,24-,25-,26-,27-,28-,29-,30-,31-,32-,33-,34?,35+,36+,37+,38+/m1/s1. The summed E-state index contributed by atoms with van der Waals surface area (Å²) in [5.74, 6) is -3.27. The molecule has 5 heterocycles. The van der Waals surface area contributed by atoms with E-state index in [1.54, 1.807) is 0 Å². The Balaban J connectivity index is 1.40. The Morgan fingerprint density at radius 2 is 0.764 bits per heavy atom. The second-order valence-corrected chi connectivity index (χ2v) is 18.6. The molecule has 0 saturated carbocycles. The SMILES string of the molecule is CC(=O)N[C@H]1[C@H](O[C@H]2[C@H](O)[C@@H](NC(C)=O)[C@H](O[C@H]3[C@H](O)[C@@H](NC(C)=O)[C@H](O[C@H]4[C@H](O)[C@@H](NC(C)=O)C(O)O[C@@H]4COS(=O)(=O)O)O[C@@H]3CO)O[C@@H]2CO)O[C@H](CO)[C@@H](O[C@@H]2O[C@H](CO)[C@@H](O)[C@H](O)[C@H]2N)[C@@H]1O. The van der Waals surface area contributed by atoms with Crippen molar-refractivity contribution in [3.63, 3.8) is 0 Å². The molecule has 5 aliphatic rings. The molecule has 0 bridgehead atoms. The maximum atomic E-state index is 12.7. The molecule has 0 aromatic heterocycles. The fraction of sp³-hybridized carbons (Fsp3) is 0.895. The van der Waals surface area contributed by atoms with E-state index in [1.807, 2.05) is 0 Å². The van der Waals surface area contributed by atoms with Crippen molar-refractivity contribution in [2.45, 2.75) is 181 Å². The van der Waals surface area contributed by atoms with Crippen LogP contribution < -0.4 is 27.0 Å². The fourth-order valence-corrected chi connectivity index (χ4v) is 9.15. The van der Waals surface area contributed by atoms with Crippen LogP contribution >= 0.6 is 0 Å². The van der Waals surface area contributed by atoms with Crippen LogP contribution in [0.15, 0.2) is 0 Å². The highest BCUT2D eigenvalue weighted by Crippen LogP contribution is 2.36. The largest absolute Gasteiger partial charge is 0.397 e. The second kappa shape index (κ2) is 25.6. The van der Waals surface area contributed by atoms with Crippen molar-refractivity contribution >= 4 is 34.0 Å². The summed E-state index contributed by atoms with van der Waals surface area (Å²) >= 11 is 0. The highest BCUT2D eigenvalue weighted by molar-refractivity contribution is 7.80. The predicted molar refractivity (Wildman–Crippen MR) is 225 cm³/mol. The molecule has 72 heavy (non-hydrogen) atoms. The molecule has 0 radical (unpaired) electrons. The lowest BCUT2D eigenvalue weighted by Crippen LogP contribution is -2.72. The zero-order chi connectivity index (χ0) is 53.7. The van der Waals surface area contributed by atoms with Gasteiger partial charge in [-0.15, -0.1) is 0 Å². The first-order chi connectivity index (χ1) is 33.7. The van der Waals surface area contributed by atoms with Gasteiger partial charge >= 0.3 is 10.4 Å². The third kappa shape index (κ3) is 14.2. The first kappa shape index (κ1) is 59.8. The highest BCUT2D eigenvalue weighted by Gasteiger charge is 2.57. The number of nitrogens with two attached hydrogens (primary N) is 1. The number of ether oxygens (including phenoxy) is 9. The Bertz CT molecular complexity index is 1930. The Kier molecular flexibility index (Phi) is 21.3. The van der Waals surface area contributed by atoms with E-state index in [0.717, 1.165) is 27.7 Å². The first-order valence-corrected chi connectivity index (χ1v) is 23.7. The normalized spacial score (nSPS) is 43.8. The van der Waals surface area contributed by atoms with Gasteiger partial charge in [-0.1, -0.05) is 0 Å². The van der Waals surface area contributed by atoms with Gasteiger partial charge in [-0.25, -0.2) is 4.18 Å². The van der Waals surface area contributed by atoms with Gasteiger partial charge in [0, 0.05) is 27.7 Å². The van der Waals surface area contributed by atoms with Gasteiger partial charge in [0.2, 0.25) is 23.6 Å². The number of carbonyl (C=O) groups is 4. The first-order valence-electron chi connectivity index (χ1n) is 22.3. The van der Waals surface area contributed by atoms with Gasteiger partial charge in [0.25, 0.3) is 0 Å². The zero-order valence-corrected chi connectivity index (χ0v) is 39.7. The quantitative estimate of drug-likeness (QED) is 0.0534. The van der Waals surface area contributed by atoms with E-state index in [0.29, 0.717) is 0 Å². The molecule has 0 aromatic carbocycles. The summed E-state index contributed by atoms with van der Waals surface area (Å²) in [6.07, 6.45) is -36.2. The maximum Gasteiger partial charge on any atom is 0.397 e. The summed E-state index contributed by atoms with van der Waals surface area (Å²) in [6.45, 7) is -0.875. The molecule has 5 aliphatic heterocycles. The summed E-state index contributed by atoms with van der Waals surface area (Å²) in [6, 6.07) is -8.34. The van der Waals surface area contributed by atoms with Gasteiger partial charge in [0.1, 0.15) is 116 Å². The highest BCUT2D eigenvalue weighted by atomic mass is 32.3. The van der Waals surface area contributed by atoms with Gasteiger partial charge in [0.15, 0.2) is 31.5 Å². The number of hydrogen-bond acceptors (Lipinski definition) is 28. The van der Waals surface area contributed by atoms with Crippen molar-refractivity contribution < 1.29 is 135 Å². The van der Waals surface area contributed by atoms with Crippen molar-refractivity contribution in [2.75, 3.05) is 33.0 Å². The van der Waals surface area contributed by atoms with Crippen molar-refractivity contribution in [1.29, 1.82) is 0 Å². The van der Waals surface area contributed by atoms with Gasteiger partial charge in [-0.05, 0) is 0 Å². The van der Waals surface area contributed by atoms with Crippen molar-refractivity contribution in [3.8, 4) is 0 Å². The monoisotopic (exact) mass is 1070 g/mol. The van der Waals surface area contributed by atoms with E-state index in [2.05, 4.69) is 25.5 Å². The van der Waals surface area contributed by atoms with E-state index < -0.39 is 220 Å². The molecule has 33 nitrogen and oxygen atoms in total. The Morgan fingerprint density at radius 3 is 1.10 bits per heavy atom. The Morgan fingerprint density at radius 1 is 0.458 bits per heavy atom. The summed E-state index contributed by atoms with van der Waals surface area (Å²) in [4.78, 5) is 49.6. The number of aliphatic hydroxyl groups is 11. The van der Waals surface area contributed by atoms with Gasteiger partial charge in [0.05, 0.1) is 39.1 Å². The average molecular weight is 1070 g/mol. The molecule has 1 unspecified atom stereocenters. The third-order valence-corrected chi connectivity index (χ3v) is 12.6. The molecule has 416 valence electrons. The molecule has 18 N–H and O–H groups in total. The summed E-state index contributed by atoms with van der Waals surface area (Å²) in [5.41, 5.74) is 6.01. The molecule has 5 fully saturated rings. The van der Waals surface area contributed by atoms with Crippen molar-refractivity contribution in [2.24, 2.45) is 5.73 Å². The predicted octanol–water partition coefficient (Wildman–Crippen LogP) is -11.6. The van der Waals surface area contributed by atoms with Gasteiger partial charge in [-0.2, -0.15) is 8.42 Å². The number of rotatable bonds is 19. The van der Waals surface area contributed by atoms with E-state index >= 15 is 0 Å². The third-order valence-electron chi connectivity index (χ3n) is 12.2. The molecular formula is C38H65N5O28S. The van der Waals surface area contributed by atoms with Crippen LogP contribution in [0.2, 0.25) is 0 Å². The number of hydrogen-bond donors (Lipinski definition) is 17. The molecular weight excluding hydrogens is 1010 g/mol. The minimum absolute atomic E-state index is 0.784. The molecule has 25 atom stereocenters.